The molecule has 1 aromatic carbocycles. The molecule has 17 heavy (non-hydrogen) atoms. The van der Waals surface area contributed by atoms with E-state index in [1.54, 1.807) is 0 Å². The average Bonchev–Trinajstić information content (AvgIpc) is 2.33. The minimum Gasteiger partial charge on any atom is -0.383 e. The molecule has 0 saturated carbocycles. The molecule has 0 unspecified atom stereocenters. The highest BCUT2D eigenvalue weighted by molar-refractivity contribution is 14.1. The van der Waals surface area contributed by atoms with E-state index in [4.69, 9.17) is 5.73 Å². The first-order valence-electron chi connectivity index (χ1n) is 5.20. The Morgan fingerprint density at radius 1 is 1.29 bits per heavy atom. The van der Waals surface area contributed by atoms with Crippen LogP contribution in [0.25, 0.3) is 11.4 Å². The average molecular weight is 404 g/mol. The number of anilines is 1. The first-order chi connectivity index (χ1) is 8.13. The highest BCUT2D eigenvalue weighted by Gasteiger charge is 2.11. The van der Waals surface area contributed by atoms with Gasteiger partial charge in [-0.25, -0.2) is 9.97 Å². The molecule has 0 amide bonds. The number of hydrogen-bond acceptors (Lipinski definition) is 3. The smallest absolute Gasteiger partial charge is 0.162 e. The van der Waals surface area contributed by atoms with E-state index in [1.165, 1.54) is 0 Å². The topological polar surface area (TPSA) is 51.8 Å². The fourth-order valence-electron chi connectivity index (χ4n) is 1.51. The summed E-state index contributed by atoms with van der Waals surface area (Å²) >= 11 is 5.69. The predicted octanol–water partition coefficient (Wildman–Crippen LogP) is 3.66. The van der Waals surface area contributed by atoms with Gasteiger partial charge < -0.3 is 5.73 Å². The van der Waals surface area contributed by atoms with Crippen LogP contribution in [-0.2, 0) is 6.42 Å². The van der Waals surface area contributed by atoms with Crippen molar-refractivity contribution in [1.29, 1.82) is 0 Å². The normalized spacial score (nSPS) is 10.5. The number of hydrogen-bond donors (Lipinski definition) is 1. The molecule has 0 atom stereocenters. The van der Waals surface area contributed by atoms with Crippen molar-refractivity contribution < 1.29 is 0 Å². The lowest BCUT2D eigenvalue weighted by molar-refractivity contribution is 0.993. The van der Waals surface area contributed by atoms with Crippen molar-refractivity contribution in [1.82, 2.24) is 9.97 Å². The summed E-state index contributed by atoms with van der Waals surface area (Å²) in [4.78, 5) is 8.90. The molecule has 2 N–H and O–H groups in total. The molecule has 3 nitrogen and oxygen atoms in total. The minimum atomic E-state index is 0.545. The highest BCUT2D eigenvalue weighted by Crippen LogP contribution is 2.27. The molecule has 88 valence electrons. The molecule has 5 heteroatoms. The van der Waals surface area contributed by atoms with Gasteiger partial charge >= 0.3 is 0 Å². The van der Waals surface area contributed by atoms with Crippen molar-refractivity contribution in [3.8, 4) is 11.4 Å². The van der Waals surface area contributed by atoms with Crippen LogP contribution in [0.4, 0.5) is 5.82 Å². The Kier molecular flexibility index (Phi) is 3.98. The number of nitrogens with two attached hydrogens (primary N) is 1. The fraction of sp³-hybridized carbons (Fsp3) is 0.167. The van der Waals surface area contributed by atoms with Crippen LogP contribution in [0.2, 0.25) is 0 Å². The van der Waals surface area contributed by atoms with Gasteiger partial charge in [0.1, 0.15) is 5.82 Å². The lowest BCUT2D eigenvalue weighted by atomic mass is 10.2. The maximum atomic E-state index is 5.91. The van der Waals surface area contributed by atoms with E-state index in [0.29, 0.717) is 11.6 Å². The van der Waals surface area contributed by atoms with Gasteiger partial charge in [-0.2, -0.15) is 0 Å². The molecular weight excluding hydrogens is 393 g/mol. The van der Waals surface area contributed by atoms with Crippen LogP contribution in [0.1, 0.15) is 12.6 Å². The van der Waals surface area contributed by atoms with E-state index < -0.39 is 0 Å². The van der Waals surface area contributed by atoms with Gasteiger partial charge in [-0.05, 0) is 35.1 Å². The Morgan fingerprint density at radius 2 is 2.00 bits per heavy atom. The van der Waals surface area contributed by atoms with E-state index >= 15 is 0 Å². The summed E-state index contributed by atoms with van der Waals surface area (Å²) in [5, 5.41) is 0. The number of nitrogens with zero attached hydrogens (tertiary/aromatic N) is 2. The third-order valence-electron chi connectivity index (χ3n) is 2.40. The largest absolute Gasteiger partial charge is 0.383 e. The SMILES string of the molecule is CCc1nc(-c2ccccc2Br)nc(N)c1I. The number of halogens is 2. The van der Waals surface area contributed by atoms with Crippen molar-refractivity contribution in [2.75, 3.05) is 5.73 Å². The molecule has 0 fully saturated rings. The van der Waals surface area contributed by atoms with E-state index in [0.717, 1.165) is 25.7 Å². The zero-order valence-corrected chi connectivity index (χ0v) is 13.0. The Bertz CT molecular complexity index is 557. The summed E-state index contributed by atoms with van der Waals surface area (Å²) in [5.41, 5.74) is 7.86. The molecule has 1 aromatic heterocycles. The van der Waals surface area contributed by atoms with Crippen LogP contribution in [0.15, 0.2) is 28.7 Å². The summed E-state index contributed by atoms with van der Waals surface area (Å²) in [6.07, 6.45) is 0.850. The summed E-state index contributed by atoms with van der Waals surface area (Å²) in [7, 11) is 0. The molecule has 0 saturated heterocycles. The first kappa shape index (κ1) is 12.8. The van der Waals surface area contributed by atoms with Gasteiger partial charge in [0.05, 0.1) is 9.26 Å². The van der Waals surface area contributed by atoms with E-state index in [1.807, 2.05) is 24.3 Å². The molecule has 1 heterocycles. The lowest BCUT2D eigenvalue weighted by Gasteiger charge is -2.08. The first-order valence-corrected chi connectivity index (χ1v) is 7.07. The molecule has 2 rings (SSSR count). The number of benzene rings is 1. The minimum absolute atomic E-state index is 0.545. The quantitative estimate of drug-likeness (QED) is 0.778. The maximum Gasteiger partial charge on any atom is 0.162 e. The molecule has 0 spiro atoms. The Balaban J connectivity index is 2.61. The van der Waals surface area contributed by atoms with Crippen molar-refractivity contribution in [2.45, 2.75) is 13.3 Å². The number of nitrogen functional groups attached to an aromatic ring is 1. The van der Waals surface area contributed by atoms with Crippen LogP contribution in [0, 0.1) is 3.57 Å². The zero-order valence-electron chi connectivity index (χ0n) is 9.24. The second-order valence-electron chi connectivity index (χ2n) is 3.53. The van der Waals surface area contributed by atoms with Crippen molar-refractivity contribution in [3.05, 3.63) is 38.0 Å². The van der Waals surface area contributed by atoms with Gasteiger partial charge in [-0.3, -0.25) is 0 Å². The zero-order chi connectivity index (χ0) is 12.4. The second-order valence-corrected chi connectivity index (χ2v) is 5.46. The van der Waals surface area contributed by atoms with Crippen LogP contribution in [-0.4, -0.2) is 9.97 Å². The monoisotopic (exact) mass is 403 g/mol. The molecule has 0 aliphatic rings. The Hall–Kier alpha value is -0.690. The van der Waals surface area contributed by atoms with Gasteiger partial charge in [0, 0.05) is 10.0 Å². The van der Waals surface area contributed by atoms with Crippen LogP contribution >= 0.6 is 38.5 Å². The van der Waals surface area contributed by atoms with Crippen molar-refractivity contribution in [3.63, 3.8) is 0 Å². The summed E-state index contributed by atoms with van der Waals surface area (Å²) < 4.78 is 1.92. The Morgan fingerprint density at radius 3 is 2.65 bits per heavy atom. The number of aromatic nitrogens is 2. The molecule has 2 aromatic rings. The van der Waals surface area contributed by atoms with Crippen LogP contribution < -0.4 is 5.73 Å². The van der Waals surface area contributed by atoms with Gasteiger partial charge in [0.2, 0.25) is 0 Å². The van der Waals surface area contributed by atoms with Gasteiger partial charge in [0.25, 0.3) is 0 Å². The third-order valence-corrected chi connectivity index (χ3v) is 4.26. The standard InChI is InChI=1S/C12H11BrIN3/c1-2-9-10(14)11(15)17-12(16-9)7-5-3-4-6-8(7)13/h3-6H,2H2,1H3,(H2,15,16,17). The molecular formula is C12H11BrIN3. The van der Waals surface area contributed by atoms with Crippen LogP contribution in [0.3, 0.4) is 0 Å². The molecule has 0 bridgehead atoms. The highest BCUT2D eigenvalue weighted by atomic mass is 127. The van der Waals surface area contributed by atoms with Gasteiger partial charge in [0.15, 0.2) is 5.82 Å². The predicted molar refractivity (Wildman–Crippen MR) is 81.7 cm³/mol. The van der Waals surface area contributed by atoms with E-state index in [2.05, 4.69) is 55.4 Å². The maximum absolute atomic E-state index is 5.91. The van der Waals surface area contributed by atoms with Gasteiger partial charge in [-0.1, -0.05) is 41.1 Å². The van der Waals surface area contributed by atoms with E-state index in [9.17, 15) is 0 Å². The molecule has 0 radical (unpaired) electrons. The number of rotatable bonds is 2. The fourth-order valence-corrected chi connectivity index (χ4v) is 2.59. The van der Waals surface area contributed by atoms with Crippen molar-refractivity contribution >= 4 is 44.3 Å². The third kappa shape index (κ3) is 2.60. The molecule has 0 aliphatic carbocycles. The number of aryl methyl sites for hydroxylation is 1. The van der Waals surface area contributed by atoms with Crippen LogP contribution in [0.5, 0.6) is 0 Å². The van der Waals surface area contributed by atoms with Crippen molar-refractivity contribution in [2.24, 2.45) is 0 Å². The summed E-state index contributed by atoms with van der Waals surface area (Å²) in [5.74, 6) is 1.22. The van der Waals surface area contributed by atoms with Gasteiger partial charge in [-0.15, -0.1) is 0 Å². The Labute approximate surface area is 122 Å². The van der Waals surface area contributed by atoms with E-state index in [-0.39, 0.29) is 0 Å². The lowest BCUT2D eigenvalue weighted by Crippen LogP contribution is -2.04. The summed E-state index contributed by atoms with van der Waals surface area (Å²) in [6.45, 7) is 2.06. The second kappa shape index (κ2) is 5.30. The molecule has 0 aliphatic heterocycles. The summed E-state index contributed by atoms with van der Waals surface area (Å²) in [6, 6.07) is 7.87.